The molecule has 0 amide bonds. The Morgan fingerprint density at radius 3 is 2.59 bits per heavy atom. The van der Waals surface area contributed by atoms with Gasteiger partial charge in [0.1, 0.15) is 18.0 Å². The molecule has 0 radical (unpaired) electrons. The molecular weight excluding hydrogens is 514 g/mol. The Labute approximate surface area is 234 Å². The highest BCUT2D eigenvalue weighted by atomic mass is 35.5. The Bertz CT molecular complexity index is 1340. The van der Waals surface area contributed by atoms with E-state index in [1.165, 1.54) is 0 Å². The Hall–Kier alpha value is -3.56. The molecular formula is C29H36ClN7O2. The van der Waals surface area contributed by atoms with Crippen molar-refractivity contribution in [2.45, 2.75) is 65.0 Å². The molecule has 10 heteroatoms. The van der Waals surface area contributed by atoms with Crippen molar-refractivity contribution in [3.05, 3.63) is 70.8 Å². The number of nitrogens with one attached hydrogen (secondary N) is 3. The maximum atomic E-state index is 13.3. The summed E-state index contributed by atoms with van der Waals surface area (Å²) < 4.78 is 6.13. The van der Waals surface area contributed by atoms with E-state index in [2.05, 4.69) is 56.7 Å². The van der Waals surface area contributed by atoms with Crippen LogP contribution in [0.1, 0.15) is 63.2 Å². The van der Waals surface area contributed by atoms with Gasteiger partial charge in [-0.3, -0.25) is 4.79 Å². The van der Waals surface area contributed by atoms with E-state index in [1.807, 2.05) is 48.5 Å². The van der Waals surface area contributed by atoms with Gasteiger partial charge in [0.2, 0.25) is 5.82 Å². The molecule has 0 aliphatic heterocycles. The van der Waals surface area contributed by atoms with Crippen molar-refractivity contribution >= 4 is 17.6 Å². The topological polar surface area (TPSA) is 121 Å². The highest BCUT2D eigenvalue weighted by Crippen LogP contribution is 2.34. The highest BCUT2D eigenvalue weighted by Gasteiger charge is 2.28. The number of hydrogen-bond donors (Lipinski definition) is 3. The van der Waals surface area contributed by atoms with Gasteiger partial charge in [-0.1, -0.05) is 81.3 Å². The number of H-pyrrole nitrogens is 2. The second kappa shape index (κ2) is 13.5. The van der Waals surface area contributed by atoms with Crippen molar-refractivity contribution in [2.75, 3.05) is 7.05 Å². The lowest BCUT2D eigenvalue weighted by atomic mass is 9.95. The number of unbranched alkanes of at least 4 members (excludes halogenated alkanes) is 1. The standard InChI is InChI=1S/C29H36ClN7O2/c1-5-6-12-25-32-26(27(30)33-25)24(39-29(38)23(31-4)15-18(2)3)17-19-13-14-21(20-10-8-7-9-11-20)22(16-19)28-34-36-37-35-28/h7-11,13-14,16,18,23-24,31H,5-6,12,15,17H2,1-4H3,(H,32,33)(H,34,35,36,37)/t23-,24-/m1/s1. The average molecular weight is 550 g/mol. The van der Waals surface area contributed by atoms with E-state index >= 15 is 0 Å². The minimum Gasteiger partial charge on any atom is -0.454 e. The van der Waals surface area contributed by atoms with Gasteiger partial charge in [0.05, 0.1) is 5.69 Å². The minimum atomic E-state index is -0.656. The van der Waals surface area contributed by atoms with E-state index < -0.39 is 12.1 Å². The molecule has 0 aliphatic rings. The fraction of sp³-hybridized carbons (Fsp3) is 0.414. The van der Waals surface area contributed by atoms with Gasteiger partial charge in [0.15, 0.2) is 5.15 Å². The molecule has 2 heterocycles. The Morgan fingerprint density at radius 2 is 1.92 bits per heavy atom. The number of carbonyl (C=O) groups excluding carboxylic acids is 1. The zero-order valence-electron chi connectivity index (χ0n) is 22.9. The lowest BCUT2D eigenvalue weighted by Gasteiger charge is -2.23. The van der Waals surface area contributed by atoms with E-state index in [1.54, 1.807) is 7.05 Å². The normalized spacial score (nSPS) is 13.0. The Balaban J connectivity index is 1.70. The largest absolute Gasteiger partial charge is 0.454 e. The lowest BCUT2D eigenvalue weighted by Crippen LogP contribution is -2.37. The van der Waals surface area contributed by atoms with Crippen molar-refractivity contribution in [1.29, 1.82) is 0 Å². The average Bonchev–Trinajstić information content (AvgIpc) is 3.60. The number of rotatable bonds is 13. The number of halogens is 1. The first-order valence-electron chi connectivity index (χ1n) is 13.4. The summed E-state index contributed by atoms with van der Waals surface area (Å²) in [6, 6.07) is 15.7. The fourth-order valence-corrected chi connectivity index (χ4v) is 4.85. The van der Waals surface area contributed by atoms with Crippen LogP contribution < -0.4 is 5.32 Å². The van der Waals surface area contributed by atoms with Gasteiger partial charge in [-0.2, -0.15) is 5.21 Å². The summed E-state index contributed by atoms with van der Waals surface area (Å²) in [5.74, 6) is 1.28. The number of tetrazole rings is 1. The second-order valence-electron chi connectivity index (χ2n) is 10.1. The summed E-state index contributed by atoms with van der Waals surface area (Å²) in [6.45, 7) is 6.28. The zero-order chi connectivity index (χ0) is 27.8. The third-order valence-electron chi connectivity index (χ3n) is 6.60. The number of hydrogen-bond acceptors (Lipinski definition) is 7. The summed E-state index contributed by atoms with van der Waals surface area (Å²) >= 11 is 6.60. The first-order chi connectivity index (χ1) is 18.9. The maximum Gasteiger partial charge on any atom is 0.323 e. The van der Waals surface area contributed by atoms with Gasteiger partial charge in [-0.15, -0.1) is 10.2 Å². The van der Waals surface area contributed by atoms with Crippen molar-refractivity contribution in [3.63, 3.8) is 0 Å². The van der Waals surface area contributed by atoms with Crippen LogP contribution in [0.2, 0.25) is 5.15 Å². The van der Waals surface area contributed by atoms with E-state index in [4.69, 9.17) is 16.3 Å². The molecule has 206 valence electrons. The summed E-state index contributed by atoms with van der Waals surface area (Å²) in [7, 11) is 1.77. The molecule has 3 N–H and O–H groups in total. The molecule has 0 saturated heterocycles. The van der Waals surface area contributed by atoms with Crippen molar-refractivity contribution in [3.8, 4) is 22.5 Å². The van der Waals surface area contributed by atoms with Crippen LogP contribution in [0.25, 0.3) is 22.5 Å². The van der Waals surface area contributed by atoms with E-state index in [0.717, 1.165) is 47.3 Å². The molecule has 2 aromatic carbocycles. The molecule has 39 heavy (non-hydrogen) atoms. The van der Waals surface area contributed by atoms with E-state index in [0.29, 0.717) is 35.4 Å². The van der Waals surface area contributed by atoms with Gasteiger partial charge in [-0.05, 0) is 53.8 Å². The van der Waals surface area contributed by atoms with Gasteiger partial charge < -0.3 is 15.0 Å². The second-order valence-corrected chi connectivity index (χ2v) is 10.4. The Morgan fingerprint density at radius 1 is 1.13 bits per heavy atom. The Kier molecular flexibility index (Phi) is 9.84. The number of aromatic amines is 2. The van der Waals surface area contributed by atoms with Crippen molar-refractivity contribution < 1.29 is 9.53 Å². The maximum absolute atomic E-state index is 13.3. The fourth-order valence-electron chi connectivity index (χ4n) is 4.58. The number of nitrogens with zero attached hydrogens (tertiary/aromatic N) is 4. The van der Waals surface area contributed by atoms with E-state index in [-0.39, 0.29) is 5.97 Å². The number of esters is 1. The molecule has 9 nitrogen and oxygen atoms in total. The number of carbonyl (C=O) groups is 1. The number of imidazole rings is 1. The summed E-state index contributed by atoms with van der Waals surface area (Å²) in [5.41, 5.74) is 4.36. The van der Waals surface area contributed by atoms with Gasteiger partial charge in [0.25, 0.3) is 0 Å². The minimum absolute atomic E-state index is 0.322. The van der Waals surface area contributed by atoms with Gasteiger partial charge in [0, 0.05) is 18.4 Å². The molecule has 0 unspecified atom stereocenters. The molecule has 0 spiro atoms. The molecule has 0 saturated carbocycles. The SMILES string of the molecule is CCCCc1nc(Cl)c([C@@H](Cc2ccc(-c3ccccc3)c(-c3nn[nH]n3)c2)OC(=O)[C@@H](CC(C)C)NC)[nH]1. The summed E-state index contributed by atoms with van der Waals surface area (Å²) in [5, 5.41) is 18.2. The number of aromatic nitrogens is 6. The van der Waals surface area contributed by atoms with Crippen LogP contribution in [-0.2, 0) is 22.4 Å². The third-order valence-corrected chi connectivity index (χ3v) is 6.89. The molecule has 0 fully saturated rings. The van der Waals surface area contributed by atoms with Crippen LogP contribution in [0, 0.1) is 5.92 Å². The number of ether oxygens (including phenoxy) is 1. The molecule has 0 aliphatic carbocycles. The van der Waals surface area contributed by atoms with Crippen LogP contribution in [-0.4, -0.2) is 49.7 Å². The molecule has 2 aromatic heterocycles. The van der Waals surface area contributed by atoms with E-state index in [9.17, 15) is 4.79 Å². The van der Waals surface area contributed by atoms with Crippen LogP contribution in [0.15, 0.2) is 48.5 Å². The van der Waals surface area contributed by atoms with Crippen LogP contribution in [0.5, 0.6) is 0 Å². The first-order valence-corrected chi connectivity index (χ1v) is 13.8. The van der Waals surface area contributed by atoms with Crippen molar-refractivity contribution in [2.24, 2.45) is 5.92 Å². The molecule has 2 atom stereocenters. The van der Waals surface area contributed by atoms with Gasteiger partial charge >= 0.3 is 5.97 Å². The first kappa shape index (κ1) is 28.4. The monoisotopic (exact) mass is 549 g/mol. The predicted octanol–water partition coefficient (Wildman–Crippen LogP) is 5.71. The number of aryl methyl sites for hydroxylation is 1. The van der Waals surface area contributed by atoms with Crippen molar-refractivity contribution in [1.82, 2.24) is 35.9 Å². The predicted molar refractivity (Wildman–Crippen MR) is 152 cm³/mol. The van der Waals surface area contributed by atoms with Crippen LogP contribution in [0.4, 0.5) is 0 Å². The molecule has 4 rings (SSSR count). The van der Waals surface area contributed by atoms with Gasteiger partial charge in [-0.25, -0.2) is 4.98 Å². The summed E-state index contributed by atoms with van der Waals surface area (Å²) in [4.78, 5) is 21.1. The summed E-state index contributed by atoms with van der Waals surface area (Å²) in [6.07, 6.45) is 3.19. The number of likely N-dealkylation sites (N-methyl/N-ethyl adjacent to an activating group) is 1. The molecule has 4 aromatic rings. The van der Waals surface area contributed by atoms with Crippen LogP contribution in [0.3, 0.4) is 0 Å². The lowest BCUT2D eigenvalue weighted by molar-refractivity contribution is -0.152. The smallest absolute Gasteiger partial charge is 0.323 e. The molecule has 0 bridgehead atoms. The quantitative estimate of drug-likeness (QED) is 0.182. The number of benzene rings is 2. The highest BCUT2D eigenvalue weighted by molar-refractivity contribution is 6.30. The van der Waals surface area contributed by atoms with Crippen LogP contribution >= 0.6 is 11.6 Å². The zero-order valence-corrected chi connectivity index (χ0v) is 23.6. The third kappa shape index (κ3) is 7.30.